The summed E-state index contributed by atoms with van der Waals surface area (Å²) in [6.07, 6.45) is 1.48. The van der Waals surface area contributed by atoms with Crippen LogP contribution in [-0.4, -0.2) is 36.1 Å². The van der Waals surface area contributed by atoms with Crippen molar-refractivity contribution in [2.75, 3.05) is 6.61 Å². The lowest BCUT2D eigenvalue weighted by molar-refractivity contribution is 0.340. The van der Waals surface area contributed by atoms with Gasteiger partial charge in [-0.2, -0.15) is 15.2 Å². The van der Waals surface area contributed by atoms with Gasteiger partial charge in [-0.05, 0) is 61.5 Å². The van der Waals surface area contributed by atoms with Crippen molar-refractivity contribution in [2.24, 2.45) is 0 Å². The van der Waals surface area contributed by atoms with Gasteiger partial charge in [0.1, 0.15) is 24.1 Å². The van der Waals surface area contributed by atoms with Crippen LogP contribution in [0.5, 0.6) is 5.75 Å². The fourth-order valence-electron chi connectivity index (χ4n) is 3.24. The highest BCUT2D eigenvalue weighted by atomic mass is 35.5. The van der Waals surface area contributed by atoms with Gasteiger partial charge in [0.25, 0.3) is 5.56 Å². The number of hydrogen-bond acceptors (Lipinski definition) is 7. The van der Waals surface area contributed by atoms with E-state index in [-0.39, 0.29) is 18.0 Å². The van der Waals surface area contributed by atoms with Gasteiger partial charge in [0, 0.05) is 16.1 Å². The molecule has 5 rings (SSSR count). The lowest BCUT2D eigenvalue weighted by Crippen LogP contribution is -2.25. The summed E-state index contributed by atoms with van der Waals surface area (Å²) in [7, 11) is 0. The van der Waals surface area contributed by atoms with Gasteiger partial charge in [0.2, 0.25) is 11.7 Å². The molecule has 0 aliphatic rings. The molecule has 0 saturated heterocycles. The molecule has 9 nitrogen and oxygen atoms in total. The molecule has 160 valence electrons. The van der Waals surface area contributed by atoms with E-state index < -0.39 is 0 Å². The topological polar surface area (TPSA) is 100 Å². The first-order valence-electron chi connectivity index (χ1n) is 9.88. The van der Waals surface area contributed by atoms with Crippen molar-refractivity contribution in [3.8, 4) is 28.4 Å². The Morgan fingerprint density at radius 3 is 2.56 bits per heavy atom. The molecule has 0 saturated carbocycles. The smallest absolute Gasteiger partial charge is 0.293 e. The standard InChI is InChI=1S/C22H17ClN6O3/c1-2-31-17-9-5-14(6-10-17)18-11-19-22(30)28(24-13-29(19)26-18)12-20-25-21(27-32-20)15-3-7-16(23)8-4-15/h3-11,13H,2,12H2,1H3. The van der Waals surface area contributed by atoms with Crippen molar-refractivity contribution >= 4 is 17.1 Å². The van der Waals surface area contributed by atoms with Gasteiger partial charge in [-0.25, -0.2) is 9.20 Å². The summed E-state index contributed by atoms with van der Waals surface area (Å²) < 4.78 is 13.5. The Kier molecular flexibility index (Phi) is 5.16. The Balaban J connectivity index is 1.41. The first kappa shape index (κ1) is 20.0. The molecule has 2 aromatic carbocycles. The number of nitrogens with zero attached hydrogens (tertiary/aromatic N) is 6. The van der Waals surface area contributed by atoms with Gasteiger partial charge in [0.05, 0.1) is 12.3 Å². The third kappa shape index (κ3) is 3.85. The van der Waals surface area contributed by atoms with Gasteiger partial charge in [-0.3, -0.25) is 4.79 Å². The largest absolute Gasteiger partial charge is 0.494 e. The van der Waals surface area contributed by atoms with Crippen LogP contribution in [0.15, 0.2) is 70.2 Å². The van der Waals surface area contributed by atoms with E-state index in [4.69, 9.17) is 20.9 Å². The first-order chi connectivity index (χ1) is 15.6. The van der Waals surface area contributed by atoms with Crippen molar-refractivity contribution in [1.29, 1.82) is 0 Å². The molecule has 0 atom stereocenters. The van der Waals surface area contributed by atoms with Gasteiger partial charge < -0.3 is 9.26 Å². The molecule has 3 heterocycles. The maximum atomic E-state index is 12.9. The average Bonchev–Trinajstić information content (AvgIpc) is 3.45. The molecule has 10 heteroatoms. The highest BCUT2D eigenvalue weighted by Gasteiger charge is 2.14. The Bertz CT molecular complexity index is 1440. The van der Waals surface area contributed by atoms with E-state index in [9.17, 15) is 4.79 Å². The van der Waals surface area contributed by atoms with Crippen LogP contribution in [-0.2, 0) is 6.54 Å². The molecule has 0 aliphatic heterocycles. The maximum absolute atomic E-state index is 12.9. The van der Waals surface area contributed by atoms with Crippen LogP contribution < -0.4 is 10.3 Å². The van der Waals surface area contributed by atoms with Crippen LogP contribution in [0, 0.1) is 0 Å². The zero-order chi connectivity index (χ0) is 22.1. The summed E-state index contributed by atoms with van der Waals surface area (Å²) >= 11 is 5.91. The summed E-state index contributed by atoms with van der Waals surface area (Å²) in [5.74, 6) is 1.45. The van der Waals surface area contributed by atoms with E-state index in [2.05, 4.69) is 20.3 Å². The molecular weight excluding hydrogens is 432 g/mol. The molecule has 32 heavy (non-hydrogen) atoms. The van der Waals surface area contributed by atoms with Crippen LogP contribution in [0.1, 0.15) is 12.8 Å². The van der Waals surface area contributed by atoms with E-state index in [0.29, 0.717) is 28.7 Å². The molecule has 0 unspecified atom stereocenters. The lowest BCUT2D eigenvalue weighted by Gasteiger charge is -2.02. The molecule has 0 amide bonds. The fraction of sp³-hybridized carbons (Fsp3) is 0.136. The Morgan fingerprint density at radius 1 is 1.06 bits per heavy atom. The highest BCUT2D eigenvalue weighted by Crippen LogP contribution is 2.22. The van der Waals surface area contributed by atoms with Crippen LogP contribution in [0.25, 0.3) is 28.2 Å². The predicted octanol–water partition coefficient (Wildman–Crippen LogP) is 3.71. The second-order valence-electron chi connectivity index (χ2n) is 6.93. The van der Waals surface area contributed by atoms with E-state index in [1.807, 2.05) is 31.2 Å². The summed E-state index contributed by atoms with van der Waals surface area (Å²) in [5, 5.41) is 13.2. The zero-order valence-electron chi connectivity index (χ0n) is 17.0. The molecule has 0 radical (unpaired) electrons. The number of fused-ring (bicyclic) bond motifs is 1. The quantitative estimate of drug-likeness (QED) is 0.390. The molecule has 3 aromatic heterocycles. The Morgan fingerprint density at radius 2 is 1.81 bits per heavy atom. The van der Waals surface area contributed by atoms with Gasteiger partial charge in [0.15, 0.2) is 0 Å². The molecule has 0 aliphatic carbocycles. The van der Waals surface area contributed by atoms with E-state index in [1.165, 1.54) is 15.5 Å². The van der Waals surface area contributed by atoms with Crippen molar-refractivity contribution in [3.63, 3.8) is 0 Å². The summed E-state index contributed by atoms with van der Waals surface area (Å²) in [5.41, 5.74) is 2.36. The molecule has 5 aromatic rings. The highest BCUT2D eigenvalue weighted by molar-refractivity contribution is 6.30. The van der Waals surface area contributed by atoms with Crippen molar-refractivity contribution in [1.82, 2.24) is 29.5 Å². The maximum Gasteiger partial charge on any atom is 0.293 e. The first-order valence-corrected chi connectivity index (χ1v) is 10.3. The molecule has 0 fully saturated rings. The SMILES string of the molecule is CCOc1ccc(-c2cc3c(=O)n(Cc4nc(-c5ccc(Cl)cc5)no4)ncn3n2)cc1. The zero-order valence-corrected chi connectivity index (χ0v) is 17.7. The second kappa shape index (κ2) is 8.27. The summed E-state index contributed by atoms with van der Waals surface area (Å²) in [6, 6.07) is 16.3. The van der Waals surface area contributed by atoms with Crippen molar-refractivity contribution < 1.29 is 9.26 Å². The van der Waals surface area contributed by atoms with Crippen LogP contribution in [0.2, 0.25) is 5.02 Å². The molecule has 0 N–H and O–H groups in total. The number of hydrogen-bond donors (Lipinski definition) is 0. The van der Waals surface area contributed by atoms with Crippen molar-refractivity contribution in [3.05, 3.63) is 82.2 Å². The number of aromatic nitrogens is 6. The number of benzene rings is 2. The van der Waals surface area contributed by atoms with Crippen molar-refractivity contribution in [2.45, 2.75) is 13.5 Å². The van der Waals surface area contributed by atoms with Gasteiger partial charge in [-0.15, -0.1) is 0 Å². The normalized spacial score (nSPS) is 11.2. The van der Waals surface area contributed by atoms with Crippen LogP contribution >= 0.6 is 11.6 Å². The predicted molar refractivity (Wildman–Crippen MR) is 118 cm³/mol. The summed E-state index contributed by atoms with van der Waals surface area (Å²) in [4.78, 5) is 17.3. The second-order valence-corrected chi connectivity index (χ2v) is 7.37. The van der Waals surface area contributed by atoms with Crippen LogP contribution in [0.4, 0.5) is 0 Å². The number of halogens is 1. The monoisotopic (exact) mass is 448 g/mol. The number of rotatable bonds is 6. The third-order valence-corrected chi connectivity index (χ3v) is 5.06. The minimum atomic E-state index is -0.316. The Labute approximate surface area is 186 Å². The van der Waals surface area contributed by atoms with Gasteiger partial charge >= 0.3 is 0 Å². The third-order valence-electron chi connectivity index (χ3n) is 4.81. The van der Waals surface area contributed by atoms with E-state index in [0.717, 1.165) is 16.9 Å². The molecule has 0 spiro atoms. The average molecular weight is 449 g/mol. The molecular formula is C22H17ClN6O3. The van der Waals surface area contributed by atoms with Gasteiger partial charge in [-0.1, -0.05) is 16.8 Å². The Hall–Kier alpha value is -3.98. The number of ether oxygens (including phenoxy) is 1. The van der Waals surface area contributed by atoms with Crippen LogP contribution in [0.3, 0.4) is 0 Å². The lowest BCUT2D eigenvalue weighted by atomic mass is 10.1. The van der Waals surface area contributed by atoms with E-state index >= 15 is 0 Å². The minimum absolute atomic E-state index is 0.0412. The van der Waals surface area contributed by atoms with E-state index in [1.54, 1.807) is 30.3 Å². The minimum Gasteiger partial charge on any atom is -0.494 e. The summed E-state index contributed by atoms with van der Waals surface area (Å²) in [6.45, 7) is 2.57. The fourth-order valence-corrected chi connectivity index (χ4v) is 3.37. The molecule has 0 bridgehead atoms.